The molecule has 8 nitrogen and oxygen atoms in total. The molecule has 2 N–H and O–H groups in total. The van der Waals surface area contributed by atoms with E-state index >= 15 is 0 Å². The van der Waals surface area contributed by atoms with Crippen LogP contribution in [0.3, 0.4) is 0 Å². The van der Waals surface area contributed by atoms with E-state index in [0.717, 1.165) is 32.4 Å². The predicted octanol–water partition coefficient (Wildman–Crippen LogP) is 5.25. The molecule has 1 saturated heterocycles. The van der Waals surface area contributed by atoms with Crippen LogP contribution in [0.5, 0.6) is 5.75 Å². The number of aliphatic carboxylic acids is 1. The first-order chi connectivity index (χ1) is 20.2. The zero-order valence-electron chi connectivity index (χ0n) is 22.9. The number of imide groups is 1. The molecule has 7 unspecified atom stereocenters. The minimum absolute atomic E-state index is 0.000913. The average Bonchev–Trinajstić information content (AvgIpc) is 3.68. The van der Waals surface area contributed by atoms with Crippen LogP contribution in [0.1, 0.15) is 42.2 Å². The Bertz CT molecular complexity index is 1670. The molecule has 2 bridgehead atoms. The normalized spacial score (nSPS) is 29.9. The summed E-state index contributed by atoms with van der Waals surface area (Å²) in [5.41, 5.74) is 1.87. The van der Waals surface area contributed by atoms with Crippen LogP contribution >= 0.6 is 34.7 Å². The van der Waals surface area contributed by atoms with Crippen molar-refractivity contribution in [3.05, 3.63) is 79.2 Å². The van der Waals surface area contributed by atoms with Crippen molar-refractivity contribution in [2.75, 3.05) is 0 Å². The molecule has 3 aromatic rings. The smallest absolute Gasteiger partial charge is 0.327 e. The highest BCUT2D eigenvalue weighted by Crippen LogP contribution is 2.69. The Labute approximate surface area is 255 Å². The second-order valence-electron chi connectivity index (χ2n) is 12.0. The topological polar surface area (TPSA) is 117 Å². The number of carboxylic acids is 1. The lowest BCUT2D eigenvalue weighted by atomic mass is 9.68. The first-order valence-electron chi connectivity index (χ1n) is 14.1. The van der Waals surface area contributed by atoms with Gasteiger partial charge in [0.2, 0.25) is 11.8 Å². The molecule has 8 atom stereocenters. The van der Waals surface area contributed by atoms with E-state index in [1.165, 1.54) is 11.3 Å². The first-order valence-corrected chi connectivity index (χ1v) is 16.2. The zero-order valence-corrected chi connectivity index (χ0v) is 25.2. The van der Waals surface area contributed by atoms with E-state index in [1.807, 2.05) is 48.5 Å². The van der Waals surface area contributed by atoms with Crippen LogP contribution in [0.2, 0.25) is 5.02 Å². The monoisotopic (exact) mass is 624 g/mol. The second-order valence-corrected chi connectivity index (χ2v) is 14.6. The number of hydrogen-bond acceptors (Lipinski definition) is 7. The van der Waals surface area contributed by atoms with Gasteiger partial charge >= 0.3 is 10.8 Å². The lowest BCUT2D eigenvalue weighted by Crippen LogP contribution is -2.49. The van der Waals surface area contributed by atoms with Gasteiger partial charge in [-0.25, -0.2) is 4.79 Å². The van der Waals surface area contributed by atoms with Crippen molar-refractivity contribution in [2.45, 2.75) is 49.1 Å². The fourth-order valence-corrected chi connectivity index (χ4v) is 11.1. The number of carbonyl (C=O) groups excluding carboxylic acids is 2. The van der Waals surface area contributed by atoms with Gasteiger partial charge in [-0.2, -0.15) is 0 Å². The van der Waals surface area contributed by atoms with Crippen LogP contribution in [0.4, 0.5) is 0 Å². The summed E-state index contributed by atoms with van der Waals surface area (Å²) in [6.45, 7) is 3.76. The van der Waals surface area contributed by atoms with Gasteiger partial charge in [0.05, 0.1) is 16.9 Å². The maximum atomic E-state index is 13.9. The van der Waals surface area contributed by atoms with Gasteiger partial charge in [0.1, 0.15) is 18.4 Å². The Hall–Kier alpha value is -3.08. The zero-order chi connectivity index (χ0) is 29.4. The van der Waals surface area contributed by atoms with Gasteiger partial charge in [-0.1, -0.05) is 67.1 Å². The lowest BCUT2D eigenvalue weighted by Gasteiger charge is -2.43. The van der Waals surface area contributed by atoms with E-state index in [-0.39, 0.29) is 45.6 Å². The number of fused-ring (bicyclic) bond motifs is 9. The number of aromatic nitrogens is 1. The standard InChI is InChI=1S/C31H29ClN2O6S2/c1-13(2)24(30(37)38)34-28(35)22-17-11-18(23(22)29(34)36)25-21(17)20(26-27(41-25)33-31(39)42-26)16-8-3-4-9-19(16)40-12-14-6-5-7-15(32)10-14/h3-10,13,17-18,20-25H,11-12H2,1-2H3,(H,33,39)(H,37,38)/t17?,18?,20-,21?,22?,23?,24?,25?/m1/s1. The van der Waals surface area contributed by atoms with Gasteiger partial charge in [0, 0.05) is 26.6 Å². The molecule has 2 amide bonds. The minimum atomic E-state index is -1.18. The van der Waals surface area contributed by atoms with Crippen molar-refractivity contribution in [1.82, 2.24) is 9.88 Å². The summed E-state index contributed by atoms with van der Waals surface area (Å²) in [7, 11) is 0. The Morgan fingerprint density at radius 3 is 2.55 bits per heavy atom. The molecule has 0 spiro atoms. The maximum absolute atomic E-state index is 13.9. The number of para-hydroxylation sites is 1. The van der Waals surface area contributed by atoms with Crippen LogP contribution in [0.15, 0.2) is 58.4 Å². The molecule has 2 aliphatic heterocycles. The number of amides is 2. The number of aromatic amines is 1. The fraction of sp³-hybridized carbons (Fsp3) is 0.419. The number of carbonyl (C=O) groups is 3. The van der Waals surface area contributed by atoms with E-state index in [9.17, 15) is 24.3 Å². The van der Waals surface area contributed by atoms with E-state index in [1.54, 1.807) is 25.6 Å². The molecule has 4 aliphatic rings. The summed E-state index contributed by atoms with van der Waals surface area (Å²) in [6, 6.07) is 14.1. The van der Waals surface area contributed by atoms with E-state index in [4.69, 9.17) is 16.3 Å². The molecule has 2 saturated carbocycles. The Morgan fingerprint density at radius 1 is 1.10 bits per heavy atom. The number of ether oxygens (including phenoxy) is 1. The highest BCUT2D eigenvalue weighted by molar-refractivity contribution is 8.00. The van der Waals surface area contributed by atoms with E-state index in [2.05, 4.69) is 4.98 Å². The molecule has 0 radical (unpaired) electrons. The van der Waals surface area contributed by atoms with Crippen molar-refractivity contribution < 1.29 is 24.2 Å². The number of thiazole rings is 1. The summed E-state index contributed by atoms with van der Waals surface area (Å²) in [4.78, 5) is 57.3. The Kier molecular flexibility index (Phi) is 6.79. The van der Waals surface area contributed by atoms with Crippen LogP contribution < -0.4 is 9.61 Å². The van der Waals surface area contributed by atoms with Gasteiger partial charge in [-0.05, 0) is 53.9 Å². The quantitative estimate of drug-likeness (QED) is 0.345. The second kappa shape index (κ2) is 10.3. The maximum Gasteiger partial charge on any atom is 0.327 e. The molecule has 3 fully saturated rings. The largest absolute Gasteiger partial charge is 0.489 e. The Morgan fingerprint density at radius 2 is 1.83 bits per heavy atom. The molecule has 42 heavy (non-hydrogen) atoms. The number of halogens is 1. The van der Waals surface area contributed by atoms with Gasteiger partial charge in [0.25, 0.3) is 0 Å². The SMILES string of the molecule is CC(C)C(C(=O)O)N1C(=O)C2C3CC(C2C1=O)C1C3Sc2[nH]c(=O)sc2[C@@H]1c1ccccc1OCc1cccc(Cl)c1. The predicted molar refractivity (Wildman–Crippen MR) is 159 cm³/mol. The molecule has 3 heterocycles. The molecule has 2 aromatic carbocycles. The summed E-state index contributed by atoms with van der Waals surface area (Å²) in [6.07, 6.45) is 0.726. The third-order valence-electron chi connectivity index (χ3n) is 9.46. The molecule has 11 heteroatoms. The third-order valence-corrected chi connectivity index (χ3v) is 12.3. The van der Waals surface area contributed by atoms with Gasteiger partial charge in [-0.15, -0.1) is 11.8 Å². The van der Waals surface area contributed by atoms with Crippen LogP contribution in [-0.4, -0.2) is 44.1 Å². The van der Waals surface area contributed by atoms with Crippen LogP contribution in [0, 0.1) is 35.5 Å². The van der Waals surface area contributed by atoms with Gasteiger partial charge in [-0.3, -0.25) is 19.3 Å². The van der Waals surface area contributed by atoms with Gasteiger partial charge in [0.15, 0.2) is 0 Å². The minimum Gasteiger partial charge on any atom is -0.489 e. The van der Waals surface area contributed by atoms with E-state index in [0.29, 0.717) is 17.4 Å². The number of nitrogens with zero attached hydrogens (tertiary/aromatic N) is 1. The fourth-order valence-electron chi connectivity index (χ4n) is 8.01. The molecule has 1 aromatic heterocycles. The van der Waals surface area contributed by atoms with Crippen molar-refractivity contribution in [2.24, 2.45) is 35.5 Å². The van der Waals surface area contributed by atoms with E-state index < -0.39 is 29.8 Å². The number of hydrogen-bond donors (Lipinski definition) is 2. The van der Waals surface area contributed by atoms with Gasteiger partial charge < -0.3 is 14.8 Å². The lowest BCUT2D eigenvalue weighted by molar-refractivity contribution is -0.157. The number of H-pyrrole nitrogens is 1. The summed E-state index contributed by atoms with van der Waals surface area (Å²) in [5.74, 6) is -3.10. The summed E-state index contributed by atoms with van der Waals surface area (Å²) >= 11 is 8.98. The number of benzene rings is 2. The number of nitrogens with one attached hydrogen (secondary N) is 1. The van der Waals surface area contributed by atoms with Crippen molar-refractivity contribution >= 4 is 52.5 Å². The number of carboxylic acid groups (broad SMARTS) is 1. The first kappa shape index (κ1) is 27.7. The molecule has 7 rings (SSSR count). The van der Waals surface area contributed by atoms with Crippen LogP contribution in [-0.2, 0) is 21.0 Å². The summed E-state index contributed by atoms with van der Waals surface area (Å²) < 4.78 is 6.36. The highest BCUT2D eigenvalue weighted by atomic mass is 35.5. The Balaban J connectivity index is 1.28. The number of likely N-dealkylation sites (tertiary alicyclic amines) is 1. The molecule has 218 valence electrons. The van der Waals surface area contributed by atoms with Crippen molar-refractivity contribution in [3.8, 4) is 5.75 Å². The molecular formula is C31H29ClN2O6S2. The number of thioether (sulfide) groups is 1. The average molecular weight is 625 g/mol. The molecule has 2 aliphatic carbocycles. The van der Waals surface area contributed by atoms with Crippen LogP contribution in [0.25, 0.3) is 0 Å². The summed E-state index contributed by atoms with van der Waals surface area (Å²) in [5, 5.41) is 11.4. The highest BCUT2D eigenvalue weighted by Gasteiger charge is 2.70. The number of rotatable bonds is 7. The van der Waals surface area contributed by atoms with Crippen molar-refractivity contribution in [1.29, 1.82) is 0 Å². The third kappa shape index (κ3) is 4.17. The van der Waals surface area contributed by atoms with Crippen molar-refractivity contribution in [3.63, 3.8) is 0 Å². The molecular weight excluding hydrogens is 596 g/mol.